The second kappa shape index (κ2) is 7.73. The molecule has 0 aliphatic carbocycles. The summed E-state index contributed by atoms with van der Waals surface area (Å²) in [5.74, 6) is -0.742. The van der Waals surface area contributed by atoms with Crippen molar-refractivity contribution in [2.24, 2.45) is 5.92 Å². The predicted octanol–water partition coefficient (Wildman–Crippen LogP) is 1.13. The highest BCUT2D eigenvalue weighted by Gasteiger charge is 2.44. The van der Waals surface area contributed by atoms with Crippen LogP contribution in [0.3, 0.4) is 0 Å². The van der Waals surface area contributed by atoms with E-state index >= 15 is 0 Å². The topological polar surface area (TPSA) is 128 Å². The lowest BCUT2D eigenvalue weighted by Gasteiger charge is -2.39. The fourth-order valence-electron chi connectivity index (χ4n) is 2.50. The number of nitrogens with one attached hydrogen (secondary N) is 1. The zero-order valence-corrected chi connectivity index (χ0v) is 13.0. The molecule has 0 saturated carbocycles. The molecule has 24 heavy (non-hydrogen) atoms. The molecule has 9 heteroatoms. The highest BCUT2D eigenvalue weighted by Crippen LogP contribution is 2.24. The number of hydrogen-bond acceptors (Lipinski definition) is 7. The number of carbonyl (C=O) groups excluding carboxylic acids is 2. The van der Waals surface area contributed by atoms with E-state index in [0.717, 1.165) is 0 Å². The smallest absolute Gasteiger partial charge is 0.430 e. The summed E-state index contributed by atoms with van der Waals surface area (Å²) in [4.78, 5) is 33.2. The molecule has 2 rings (SSSR count). The molecule has 1 aromatic carbocycles. The standard InChI is InChI=1S/C15H18N2O7/c1-9(13-12(6-7-18)16-14(13)19)24-15(20)23-8-10-2-4-11(5-3-10)17(21)22/h2-5,9,12-13,18H,6-8H2,1H3,(H,16,19). The van der Waals surface area contributed by atoms with Gasteiger partial charge in [-0.25, -0.2) is 4.79 Å². The molecule has 0 spiro atoms. The van der Waals surface area contributed by atoms with Crippen molar-refractivity contribution in [3.05, 3.63) is 39.9 Å². The number of benzene rings is 1. The molecule has 1 amide bonds. The van der Waals surface area contributed by atoms with Gasteiger partial charge >= 0.3 is 6.16 Å². The first-order valence-corrected chi connectivity index (χ1v) is 7.40. The first-order chi connectivity index (χ1) is 11.4. The van der Waals surface area contributed by atoms with E-state index in [1.54, 1.807) is 6.92 Å². The Morgan fingerprint density at radius 2 is 2.08 bits per heavy atom. The monoisotopic (exact) mass is 338 g/mol. The van der Waals surface area contributed by atoms with Gasteiger partial charge in [-0.2, -0.15) is 0 Å². The largest absolute Gasteiger partial charge is 0.508 e. The Labute approximate surface area is 137 Å². The Morgan fingerprint density at radius 3 is 2.62 bits per heavy atom. The number of nitro benzene ring substituents is 1. The minimum Gasteiger partial charge on any atom is -0.430 e. The van der Waals surface area contributed by atoms with Gasteiger partial charge in [0.1, 0.15) is 12.7 Å². The molecule has 3 unspecified atom stereocenters. The molecule has 3 atom stereocenters. The quantitative estimate of drug-likeness (QED) is 0.330. The van der Waals surface area contributed by atoms with Crippen molar-refractivity contribution in [3.8, 4) is 0 Å². The van der Waals surface area contributed by atoms with Crippen molar-refractivity contribution < 1.29 is 29.1 Å². The van der Waals surface area contributed by atoms with Crippen molar-refractivity contribution in [3.63, 3.8) is 0 Å². The molecule has 1 saturated heterocycles. The van der Waals surface area contributed by atoms with E-state index in [-0.39, 0.29) is 30.9 Å². The van der Waals surface area contributed by atoms with Crippen molar-refractivity contribution in [1.29, 1.82) is 0 Å². The maximum atomic E-state index is 11.7. The van der Waals surface area contributed by atoms with Crippen molar-refractivity contribution in [2.45, 2.75) is 32.1 Å². The number of carbonyl (C=O) groups is 2. The summed E-state index contributed by atoms with van der Waals surface area (Å²) in [7, 11) is 0. The number of non-ortho nitro benzene ring substituents is 1. The molecule has 0 radical (unpaired) electrons. The lowest BCUT2D eigenvalue weighted by atomic mass is 9.84. The van der Waals surface area contributed by atoms with E-state index in [4.69, 9.17) is 14.6 Å². The van der Waals surface area contributed by atoms with Crippen LogP contribution in [0, 0.1) is 16.0 Å². The number of β-lactam (4-membered cyclic amide) rings is 1. The SMILES string of the molecule is CC(OC(=O)OCc1ccc([N+](=O)[O-])cc1)C1C(=O)NC1CCO. The van der Waals surface area contributed by atoms with Gasteiger partial charge in [0.05, 0.1) is 10.8 Å². The molecule has 2 N–H and O–H groups in total. The first-order valence-electron chi connectivity index (χ1n) is 7.40. The van der Waals surface area contributed by atoms with Crippen LogP contribution in [0.1, 0.15) is 18.9 Å². The summed E-state index contributed by atoms with van der Waals surface area (Å²) in [6, 6.07) is 5.35. The molecule has 1 aliphatic rings. The van der Waals surface area contributed by atoms with Crippen LogP contribution in [0.2, 0.25) is 0 Å². The summed E-state index contributed by atoms with van der Waals surface area (Å²) in [5, 5.41) is 22.1. The molecule has 1 fully saturated rings. The van der Waals surface area contributed by atoms with Crippen molar-refractivity contribution in [1.82, 2.24) is 5.32 Å². The van der Waals surface area contributed by atoms with Gasteiger partial charge < -0.3 is 19.9 Å². The Kier molecular flexibility index (Phi) is 5.69. The van der Waals surface area contributed by atoms with Crippen LogP contribution >= 0.6 is 0 Å². The number of aliphatic hydroxyl groups is 1. The lowest BCUT2D eigenvalue weighted by molar-refractivity contribution is -0.384. The number of rotatable bonds is 7. The van der Waals surface area contributed by atoms with Crippen LogP contribution < -0.4 is 5.32 Å². The summed E-state index contributed by atoms with van der Waals surface area (Å²) < 4.78 is 10.0. The normalized spacial score (nSPS) is 20.5. The summed E-state index contributed by atoms with van der Waals surface area (Å²) in [6.45, 7) is 1.42. The molecule has 1 aromatic rings. The molecular weight excluding hydrogens is 320 g/mol. The highest BCUT2D eigenvalue weighted by molar-refractivity contribution is 5.86. The predicted molar refractivity (Wildman–Crippen MR) is 81.0 cm³/mol. The average Bonchev–Trinajstić information content (AvgIpc) is 2.52. The molecule has 9 nitrogen and oxygen atoms in total. The van der Waals surface area contributed by atoms with Crippen LogP contribution in [-0.4, -0.2) is 40.8 Å². The van der Waals surface area contributed by atoms with Crippen LogP contribution in [0.25, 0.3) is 0 Å². The highest BCUT2D eigenvalue weighted by atomic mass is 16.7. The number of nitro groups is 1. The third-order valence-electron chi connectivity index (χ3n) is 3.80. The van der Waals surface area contributed by atoms with E-state index in [1.807, 2.05) is 0 Å². The molecule has 1 heterocycles. The molecule has 1 aliphatic heterocycles. The Hall–Kier alpha value is -2.68. The number of ether oxygens (including phenoxy) is 2. The van der Waals surface area contributed by atoms with Gasteiger partial charge in [-0.05, 0) is 31.0 Å². The van der Waals surface area contributed by atoms with Crippen LogP contribution in [0.5, 0.6) is 0 Å². The van der Waals surface area contributed by atoms with Gasteiger partial charge in [0.2, 0.25) is 5.91 Å². The van der Waals surface area contributed by atoms with Crippen LogP contribution in [-0.2, 0) is 20.9 Å². The first kappa shape index (κ1) is 17.7. The maximum absolute atomic E-state index is 11.7. The molecule has 0 bridgehead atoms. The van der Waals surface area contributed by atoms with Gasteiger partial charge in [0, 0.05) is 24.8 Å². The zero-order valence-electron chi connectivity index (χ0n) is 13.0. The zero-order chi connectivity index (χ0) is 17.7. The molecule has 130 valence electrons. The fraction of sp³-hybridized carbons (Fsp3) is 0.467. The van der Waals surface area contributed by atoms with Gasteiger partial charge in [0.15, 0.2) is 0 Å². The van der Waals surface area contributed by atoms with Crippen LogP contribution in [0.15, 0.2) is 24.3 Å². The lowest BCUT2D eigenvalue weighted by Crippen LogP contribution is -2.62. The van der Waals surface area contributed by atoms with E-state index in [0.29, 0.717) is 12.0 Å². The van der Waals surface area contributed by atoms with Gasteiger partial charge in [-0.15, -0.1) is 0 Å². The average molecular weight is 338 g/mol. The Morgan fingerprint density at radius 1 is 1.42 bits per heavy atom. The summed E-state index contributed by atoms with van der Waals surface area (Å²) >= 11 is 0. The second-order valence-electron chi connectivity index (χ2n) is 5.44. The van der Waals surface area contributed by atoms with E-state index in [9.17, 15) is 19.7 Å². The fourth-order valence-corrected chi connectivity index (χ4v) is 2.50. The Balaban J connectivity index is 1.80. The third-order valence-corrected chi connectivity index (χ3v) is 3.80. The summed E-state index contributed by atoms with van der Waals surface area (Å²) in [6.07, 6.45) is -1.22. The minimum atomic E-state index is -0.927. The third kappa shape index (κ3) is 4.19. The molecule has 0 aromatic heterocycles. The number of hydrogen-bond donors (Lipinski definition) is 2. The number of aliphatic hydroxyl groups excluding tert-OH is 1. The number of nitrogens with zero attached hydrogens (tertiary/aromatic N) is 1. The minimum absolute atomic E-state index is 0.0548. The van der Waals surface area contributed by atoms with E-state index in [1.165, 1.54) is 24.3 Å². The summed E-state index contributed by atoms with van der Waals surface area (Å²) in [5.41, 5.74) is 0.519. The van der Waals surface area contributed by atoms with Crippen LogP contribution in [0.4, 0.5) is 10.5 Å². The van der Waals surface area contributed by atoms with Gasteiger partial charge in [-0.1, -0.05) is 0 Å². The van der Waals surface area contributed by atoms with E-state index in [2.05, 4.69) is 5.32 Å². The second-order valence-corrected chi connectivity index (χ2v) is 5.44. The number of amides is 1. The maximum Gasteiger partial charge on any atom is 0.508 e. The molecular formula is C15H18N2O7. The van der Waals surface area contributed by atoms with Crippen molar-refractivity contribution in [2.75, 3.05) is 6.61 Å². The van der Waals surface area contributed by atoms with E-state index < -0.39 is 23.1 Å². The Bertz CT molecular complexity index is 617. The van der Waals surface area contributed by atoms with Gasteiger partial charge in [-0.3, -0.25) is 14.9 Å². The van der Waals surface area contributed by atoms with Crippen molar-refractivity contribution >= 4 is 17.7 Å². The van der Waals surface area contributed by atoms with Gasteiger partial charge in [0.25, 0.3) is 5.69 Å².